The number of halogens is 1. The molecule has 2 amide bonds. The summed E-state index contributed by atoms with van der Waals surface area (Å²) in [6, 6.07) is 7.83. The van der Waals surface area contributed by atoms with Crippen LogP contribution in [0.2, 0.25) is 0 Å². The van der Waals surface area contributed by atoms with Crippen molar-refractivity contribution in [3.05, 3.63) is 29.8 Å². The monoisotopic (exact) mass is 354 g/mol. The molecule has 0 spiro atoms. The van der Waals surface area contributed by atoms with Crippen LogP contribution in [0.5, 0.6) is 0 Å². The molecule has 0 aliphatic heterocycles. The van der Waals surface area contributed by atoms with E-state index < -0.39 is 0 Å². The van der Waals surface area contributed by atoms with E-state index in [1.807, 2.05) is 31.2 Å². The summed E-state index contributed by atoms with van der Waals surface area (Å²) in [5.41, 5.74) is 2.02. The van der Waals surface area contributed by atoms with Gasteiger partial charge < -0.3 is 10.6 Å². The zero-order valence-corrected chi connectivity index (χ0v) is 14.4. The Kier molecular flexibility index (Phi) is 7.43. The number of hydrogen-bond donors (Lipinski definition) is 2. The minimum absolute atomic E-state index is 0.0772. The van der Waals surface area contributed by atoms with Crippen molar-refractivity contribution in [1.29, 1.82) is 0 Å². The maximum absolute atomic E-state index is 11.8. The Hall–Kier alpha value is -1.36. The molecule has 1 aromatic rings. The fourth-order valence-corrected chi connectivity index (χ4v) is 1.93. The number of benzene rings is 1. The van der Waals surface area contributed by atoms with Crippen LogP contribution in [0.15, 0.2) is 24.3 Å². The van der Waals surface area contributed by atoms with Crippen molar-refractivity contribution in [2.75, 3.05) is 11.9 Å². The molecule has 1 rings (SSSR count). The number of carbonyl (C=O) groups is 2. The molecule has 0 bridgehead atoms. The Morgan fingerprint density at radius 1 is 1.19 bits per heavy atom. The lowest BCUT2D eigenvalue weighted by atomic mass is 10.0. The minimum Gasteiger partial charge on any atom is -0.355 e. The van der Waals surface area contributed by atoms with Gasteiger partial charge in [0.15, 0.2) is 0 Å². The molecule has 116 valence electrons. The molecular formula is C16H23BrN2O2. The lowest BCUT2D eigenvalue weighted by Crippen LogP contribution is -2.33. The standard InChI is InChI=1S/C16H23BrN2O2/c1-4-14(17)16(21)18-10-9-15(20)19-13-7-5-12(6-8-13)11(2)3/h5-8,11,14H,4,9-10H2,1-3H3,(H,18,21)(H,19,20)/t14-/m0/s1. The van der Waals surface area contributed by atoms with E-state index in [2.05, 4.69) is 40.4 Å². The Balaban J connectivity index is 2.35. The number of rotatable bonds is 7. The van der Waals surface area contributed by atoms with E-state index in [0.717, 1.165) is 12.1 Å². The SMILES string of the molecule is CC[C@H](Br)C(=O)NCCC(=O)Nc1ccc(C(C)C)cc1. The highest BCUT2D eigenvalue weighted by atomic mass is 79.9. The topological polar surface area (TPSA) is 58.2 Å². The molecule has 0 aromatic heterocycles. The second-order valence-corrected chi connectivity index (χ2v) is 6.35. The first-order chi connectivity index (χ1) is 9.93. The molecule has 21 heavy (non-hydrogen) atoms. The summed E-state index contributed by atoms with van der Waals surface area (Å²) in [7, 11) is 0. The summed E-state index contributed by atoms with van der Waals surface area (Å²) >= 11 is 3.27. The first-order valence-corrected chi connectivity index (χ1v) is 8.17. The second-order valence-electron chi connectivity index (χ2n) is 5.24. The van der Waals surface area contributed by atoms with Gasteiger partial charge in [0.05, 0.1) is 4.83 Å². The summed E-state index contributed by atoms with van der Waals surface area (Å²) < 4.78 is 0. The molecule has 2 N–H and O–H groups in total. The normalized spacial score (nSPS) is 12.0. The third kappa shape index (κ3) is 6.29. The van der Waals surface area contributed by atoms with Gasteiger partial charge in [-0.05, 0) is 30.0 Å². The summed E-state index contributed by atoms with van der Waals surface area (Å²) in [4.78, 5) is 23.1. The molecular weight excluding hydrogens is 332 g/mol. The van der Waals surface area contributed by atoms with Crippen molar-refractivity contribution >= 4 is 33.4 Å². The van der Waals surface area contributed by atoms with Crippen molar-refractivity contribution in [3.8, 4) is 0 Å². The molecule has 0 unspecified atom stereocenters. The Labute approximate surface area is 134 Å². The van der Waals surface area contributed by atoms with Gasteiger partial charge >= 0.3 is 0 Å². The number of amides is 2. The Morgan fingerprint density at radius 2 is 1.81 bits per heavy atom. The van der Waals surface area contributed by atoms with E-state index >= 15 is 0 Å². The maximum atomic E-state index is 11.8. The van der Waals surface area contributed by atoms with Gasteiger partial charge in [-0.25, -0.2) is 0 Å². The van der Waals surface area contributed by atoms with Gasteiger partial charge in [0.1, 0.15) is 0 Å². The Bertz CT molecular complexity index is 472. The Morgan fingerprint density at radius 3 is 2.33 bits per heavy atom. The lowest BCUT2D eigenvalue weighted by Gasteiger charge is -2.10. The first kappa shape index (κ1) is 17.7. The fraction of sp³-hybridized carbons (Fsp3) is 0.500. The minimum atomic E-state index is -0.191. The maximum Gasteiger partial charge on any atom is 0.233 e. The smallest absolute Gasteiger partial charge is 0.233 e. The van der Waals surface area contributed by atoms with Crippen LogP contribution in [0.1, 0.15) is 45.1 Å². The van der Waals surface area contributed by atoms with E-state index in [-0.39, 0.29) is 23.1 Å². The third-order valence-corrected chi connectivity index (χ3v) is 4.22. The van der Waals surface area contributed by atoms with Crippen molar-refractivity contribution in [2.24, 2.45) is 0 Å². The highest BCUT2D eigenvalue weighted by Crippen LogP contribution is 2.17. The van der Waals surface area contributed by atoms with Crippen molar-refractivity contribution in [1.82, 2.24) is 5.32 Å². The molecule has 0 fully saturated rings. The van der Waals surface area contributed by atoms with Gasteiger partial charge in [-0.3, -0.25) is 9.59 Å². The summed E-state index contributed by atoms with van der Waals surface area (Å²) in [6.07, 6.45) is 0.987. The van der Waals surface area contributed by atoms with Crippen LogP contribution in [0, 0.1) is 0 Å². The summed E-state index contributed by atoms with van der Waals surface area (Å²) in [5.74, 6) is 0.294. The van der Waals surface area contributed by atoms with Crippen LogP contribution in [0.3, 0.4) is 0 Å². The van der Waals surface area contributed by atoms with Gasteiger partial charge in [-0.15, -0.1) is 0 Å². The van der Waals surface area contributed by atoms with Crippen molar-refractivity contribution in [3.63, 3.8) is 0 Å². The largest absolute Gasteiger partial charge is 0.355 e. The lowest BCUT2D eigenvalue weighted by molar-refractivity contribution is -0.120. The third-order valence-electron chi connectivity index (χ3n) is 3.16. The molecule has 4 nitrogen and oxygen atoms in total. The molecule has 0 aliphatic rings. The number of alkyl halides is 1. The zero-order chi connectivity index (χ0) is 15.8. The zero-order valence-electron chi connectivity index (χ0n) is 12.8. The average molecular weight is 355 g/mol. The van der Waals surface area contributed by atoms with Crippen LogP contribution in [0.4, 0.5) is 5.69 Å². The number of hydrogen-bond acceptors (Lipinski definition) is 2. The van der Waals surface area contributed by atoms with Crippen LogP contribution in [0.25, 0.3) is 0 Å². The fourth-order valence-electron chi connectivity index (χ4n) is 1.77. The van der Waals surface area contributed by atoms with Crippen LogP contribution in [-0.2, 0) is 9.59 Å². The molecule has 0 radical (unpaired) electrons. The van der Waals surface area contributed by atoms with Gasteiger partial charge in [-0.1, -0.05) is 48.8 Å². The van der Waals surface area contributed by atoms with E-state index in [9.17, 15) is 9.59 Å². The van der Waals surface area contributed by atoms with Gasteiger partial charge in [0.2, 0.25) is 11.8 Å². The van der Waals surface area contributed by atoms with Crippen LogP contribution < -0.4 is 10.6 Å². The molecule has 1 atom stereocenters. The van der Waals surface area contributed by atoms with E-state index in [1.54, 1.807) is 0 Å². The van der Waals surface area contributed by atoms with Gasteiger partial charge in [0, 0.05) is 18.7 Å². The summed E-state index contributed by atoms with van der Waals surface area (Å²) in [5, 5.41) is 5.55. The van der Waals surface area contributed by atoms with E-state index in [0.29, 0.717) is 12.5 Å². The molecule has 0 saturated heterocycles. The average Bonchev–Trinajstić information content (AvgIpc) is 2.46. The summed E-state index contributed by atoms with van der Waals surface area (Å²) in [6.45, 7) is 6.52. The van der Waals surface area contributed by atoms with Crippen LogP contribution >= 0.6 is 15.9 Å². The van der Waals surface area contributed by atoms with E-state index in [1.165, 1.54) is 5.56 Å². The first-order valence-electron chi connectivity index (χ1n) is 7.25. The van der Waals surface area contributed by atoms with Crippen LogP contribution in [-0.4, -0.2) is 23.2 Å². The second kappa shape index (κ2) is 8.82. The molecule has 0 aliphatic carbocycles. The molecule has 0 heterocycles. The number of anilines is 1. The number of nitrogens with one attached hydrogen (secondary N) is 2. The van der Waals surface area contributed by atoms with Crippen molar-refractivity contribution < 1.29 is 9.59 Å². The highest BCUT2D eigenvalue weighted by molar-refractivity contribution is 9.10. The highest BCUT2D eigenvalue weighted by Gasteiger charge is 2.12. The van der Waals surface area contributed by atoms with Gasteiger partial charge in [0.25, 0.3) is 0 Å². The predicted octanol–water partition coefficient (Wildman–Crippen LogP) is 3.43. The quantitative estimate of drug-likeness (QED) is 0.737. The predicted molar refractivity (Wildman–Crippen MR) is 89.8 cm³/mol. The van der Waals surface area contributed by atoms with E-state index in [4.69, 9.17) is 0 Å². The van der Waals surface area contributed by atoms with Crippen molar-refractivity contribution in [2.45, 2.75) is 44.4 Å². The molecule has 5 heteroatoms. The number of carbonyl (C=O) groups excluding carboxylic acids is 2. The van der Waals surface area contributed by atoms with Gasteiger partial charge in [-0.2, -0.15) is 0 Å². The molecule has 1 aromatic carbocycles. The molecule has 0 saturated carbocycles.